The Balaban J connectivity index is 1.62. The van der Waals surface area contributed by atoms with Crippen molar-refractivity contribution in [2.45, 2.75) is 26.9 Å². The number of nitrogens with zero attached hydrogens (tertiary/aromatic N) is 4. The summed E-state index contributed by atoms with van der Waals surface area (Å²) in [7, 11) is 0. The van der Waals surface area contributed by atoms with Gasteiger partial charge in [0.1, 0.15) is 11.9 Å². The predicted octanol–water partition coefficient (Wildman–Crippen LogP) is 5.99. The number of aryl methyl sites for hydroxylation is 3. The van der Waals surface area contributed by atoms with E-state index in [1.807, 2.05) is 45.2 Å². The van der Waals surface area contributed by atoms with Crippen LogP contribution in [0.4, 0.5) is 10.1 Å². The molecule has 7 heteroatoms. The van der Waals surface area contributed by atoms with Crippen LogP contribution in [0.5, 0.6) is 0 Å². The first kappa shape index (κ1) is 21.7. The third-order valence-electron chi connectivity index (χ3n) is 6.11. The normalized spacial score (nSPS) is 16.4. The lowest BCUT2D eigenvalue weighted by Gasteiger charge is -2.35. The van der Waals surface area contributed by atoms with Crippen LogP contribution in [0.25, 0.3) is 22.2 Å². The summed E-state index contributed by atoms with van der Waals surface area (Å²) in [5.74, 6) is -0.381. The van der Waals surface area contributed by atoms with Crippen LogP contribution in [0.3, 0.4) is 0 Å². The molecular formula is C26H24ClFN4O. The second kappa shape index (κ2) is 8.69. The van der Waals surface area contributed by atoms with Gasteiger partial charge in [0.25, 0.3) is 0 Å². The van der Waals surface area contributed by atoms with Gasteiger partial charge < -0.3 is 9.64 Å². The number of ether oxygens (including phenoxy) is 1. The lowest BCUT2D eigenvalue weighted by atomic mass is 10.0. The third-order valence-corrected chi connectivity index (χ3v) is 6.35. The summed E-state index contributed by atoms with van der Waals surface area (Å²) in [6.45, 7) is 7.83. The first-order valence-electron chi connectivity index (χ1n) is 10.9. The van der Waals surface area contributed by atoms with E-state index in [9.17, 15) is 4.39 Å². The van der Waals surface area contributed by atoms with Crippen LogP contribution in [0.15, 0.2) is 48.7 Å². The average Bonchev–Trinajstić information content (AvgIpc) is 2.80. The van der Waals surface area contributed by atoms with Crippen molar-refractivity contribution < 1.29 is 9.13 Å². The molecule has 5 nitrogen and oxygen atoms in total. The van der Waals surface area contributed by atoms with E-state index in [0.29, 0.717) is 34.8 Å². The molecule has 1 unspecified atom stereocenters. The summed E-state index contributed by atoms with van der Waals surface area (Å²) in [6.07, 6.45) is 1.74. The zero-order chi connectivity index (χ0) is 23.1. The van der Waals surface area contributed by atoms with Crippen LogP contribution in [0.1, 0.15) is 28.7 Å². The number of morpholine rings is 1. The smallest absolute Gasteiger partial charge is 0.132 e. The lowest BCUT2D eigenvalue weighted by molar-refractivity contribution is 0.0397. The number of benzene rings is 2. The van der Waals surface area contributed by atoms with Crippen molar-refractivity contribution in [3.8, 4) is 11.1 Å². The molecule has 5 rings (SSSR count). The Morgan fingerprint density at radius 1 is 1.00 bits per heavy atom. The van der Waals surface area contributed by atoms with E-state index < -0.39 is 0 Å². The second-order valence-electron chi connectivity index (χ2n) is 8.42. The number of halogens is 2. The highest BCUT2D eigenvalue weighted by Crippen LogP contribution is 2.36. The topological polar surface area (TPSA) is 51.1 Å². The second-order valence-corrected chi connectivity index (χ2v) is 8.85. The molecule has 2 aromatic heterocycles. The number of hydrogen-bond donors (Lipinski definition) is 0. The van der Waals surface area contributed by atoms with Gasteiger partial charge in [0, 0.05) is 46.8 Å². The minimum atomic E-state index is -0.381. The summed E-state index contributed by atoms with van der Waals surface area (Å²) in [4.78, 5) is 16.1. The molecule has 3 heterocycles. The summed E-state index contributed by atoms with van der Waals surface area (Å²) in [5, 5.41) is 0.360. The maximum atomic E-state index is 15.0. The molecule has 1 aliphatic heterocycles. The van der Waals surface area contributed by atoms with Gasteiger partial charge in [-0.25, -0.2) is 14.4 Å². The molecule has 33 heavy (non-hydrogen) atoms. The van der Waals surface area contributed by atoms with Gasteiger partial charge >= 0.3 is 0 Å². The van der Waals surface area contributed by atoms with Gasteiger partial charge in [-0.2, -0.15) is 0 Å². The average molecular weight is 463 g/mol. The molecule has 0 spiro atoms. The zero-order valence-corrected chi connectivity index (χ0v) is 19.5. The van der Waals surface area contributed by atoms with Gasteiger partial charge in [-0.15, -0.1) is 0 Å². The Kier molecular flexibility index (Phi) is 5.72. The quantitative estimate of drug-likeness (QED) is 0.374. The van der Waals surface area contributed by atoms with E-state index in [1.165, 1.54) is 6.07 Å². The molecule has 0 radical (unpaired) electrons. The Bertz CT molecular complexity index is 1360. The molecule has 1 atom stereocenters. The molecular weight excluding hydrogens is 439 g/mol. The molecule has 1 aliphatic rings. The predicted molar refractivity (Wildman–Crippen MR) is 129 cm³/mol. The first-order chi connectivity index (χ1) is 15.9. The summed E-state index contributed by atoms with van der Waals surface area (Å²) < 4.78 is 21.0. The highest BCUT2D eigenvalue weighted by Gasteiger charge is 2.24. The van der Waals surface area contributed by atoms with Crippen LogP contribution in [0.2, 0.25) is 5.02 Å². The van der Waals surface area contributed by atoms with Crippen molar-refractivity contribution in [1.82, 2.24) is 15.0 Å². The van der Waals surface area contributed by atoms with E-state index in [4.69, 9.17) is 26.3 Å². The van der Waals surface area contributed by atoms with Gasteiger partial charge in [0.15, 0.2) is 0 Å². The molecule has 0 saturated carbocycles. The van der Waals surface area contributed by atoms with Crippen molar-refractivity contribution in [3.05, 3.63) is 82.1 Å². The fraction of sp³-hybridized carbons (Fsp3) is 0.269. The monoisotopic (exact) mass is 462 g/mol. The standard InChI is InChI=1S/C26H24ClFN4O/c1-15-10-18(6-7-29-15)25-14-32(8-9-33-25)20-12-22(21-5-4-19(27)11-23(21)28)26-24(13-20)30-16(2)17(3)31-26/h4-7,10-13,25H,8-9,14H2,1-3H3. The van der Waals surface area contributed by atoms with Crippen molar-refractivity contribution >= 4 is 28.3 Å². The van der Waals surface area contributed by atoms with Crippen molar-refractivity contribution in [2.75, 3.05) is 24.6 Å². The fourth-order valence-electron chi connectivity index (χ4n) is 4.27. The van der Waals surface area contributed by atoms with Crippen LogP contribution in [-0.2, 0) is 4.74 Å². The molecule has 4 aromatic rings. The molecule has 0 N–H and O–H groups in total. The highest BCUT2D eigenvalue weighted by molar-refractivity contribution is 6.30. The van der Waals surface area contributed by atoms with Crippen LogP contribution >= 0.6 is 11.6 Å². The molecule has 0 bridgehead atoms. The summed E-state index contributed by atoms with van der Waals surface area (Å²) in [6, 6.07) is 12.8. The van der Waals surface area contributed by atoms with E-state index in [0.717, 1.165) is 40.4 Å². The number of fused-ring (bicyclic) bond motifs is 1. The Morgan fingerprint density at radius 3 is 2.61 bits per heavy atom. The number of hydrogen-bond acceptors (Lipinski definition) is 5. The third kappa shape index (κ3) is 4.28. The Labute approximate surface area is 197 Å². The zero-order valence-electron chi connectivity index (χ0n) is 18.8. The lowest BCUT2D eigenvalue weighted by Crippen LogP contribution is -2.38. The van der Waals surface area contributed by atoms with Crippen LogP contribution < -0.4 is 4.90 Å². The minimum absolute atomic E-state index is 0.0716. The molecule has 168 valence electrons. The summed E-state index contributed by atoms with van der Waals surface area (Å²) >= 11 is 6.01. The van der Waals surface area contributed by atoms with Gasteiger partial charge in [-0.1, -0.05) is 11.6 Å². The maximum Gasteiger partial charge on any atom is 0.132 e. The largest absolute Gasteiger partial charge is 0.370 e. The van der Waals surface area contributed by atoms with Gasteiger partial charge in [0.2, 0.25) is 0 Å². The SMILES string of the molecule is Cc1cc(C2CN(c3cc(-c4ccc(Cl)cc4F)c4nc(C)c(C)nc4c3)CCO2)ccn1. The highest BCUT2D eigenvalue weighted by atomic mass is 35.5. The number of anilines is 1. The molecule has 2 aromatic carbocycles. The molecule has 1 saturated heterocycles. The molecule has 1 fully saturated rings. The molecule has 0 aliphatic carbocycles. The number of rotatable bonds is 3. The summed E-state index contributed by atoms with van der Waals surface area (Å²) in [5.41, 5.74) is 7.28. The van der Waals surface area contributed by atoms with Gasteiger partial charge in [0.05, 0.1) is 29.0 Å². The van der Waals surface area contributed by atoms with Gasteiger partial charge in [-0.3, -0.25) is 4.98 Å². The Morgan fingerprint density at radius 2 is 1.82 bits per heavy atom. The van der Waals surface area contributed by atoms with Gasteiger partial charge in [-0.05, 0) is 68.8 Å². The maximum absolute atomic E-state index is 15.0. The van der Waals surface area contributed by atoms with Crippen molar-refractivity contribution in [3.63, 3.8) is 0 Å². The first-order valence-corrected chi connectivity index (χ1v) is 11.3. The van der Waals surface area contributed by atoms with E-state index in [-0.39, 0.29) is 11.9 Å². The fourth-order valence-corrected chi connectivity index (χ4v) is 4.43. The van der Waals surface area contributed by atoms with E-state index in [1.54, 1.807) is 12.1 Å². The van der Waals surface area contributed by atoms with Crippen molar-refractivity contribution in [1.29, 1.82) is 0 Å². The van der Waals surface area contributed by atoms with Crippen LogP contribution in [0, 0.1) is 26.6 Å². The molecule has 0 amide bonds. The number of aromatic nitrogens is 3. The van der Waals surface area contributed by atoms with E-state index in [2.05, 4.69) is 16.0 Å². The van der Waals surface area contributed by atoms with Crippen molar-refractivity contribution in [2.24, 2.45) is 0 Å². The Hall–Kier alpha value is -3.09. The number of pyridine rings is 1. The minimum Gasteiger partial charge on any atom is -0.370 e. The van der Waals surface area contributed by atoms with Crippen LogP contribution in [-0.4, -0.2) is 34.6 Å². The van der Waals surface area contributed by atoms with E-state index >= 15 is 0 Å².